The van der Waals surface area contributed by atoms with Gasteiger partial charge < -0.3 is 15.1 Å². The monoisotopic (exact) mass is 292 g/mol. The van der Waals surface area contributed by atoms with Crippen molar-refractivity contribution in [1.82, 2.24) is 10.6 Å². The highest BCUT2D eigenvalue weighted by Crippen LogP contribution is 2.21. The third-order valence-electron chi connectivity index (χ3n) is 2.69. The lowest BCUT2D eigenvalue weighted by Crippen LogP contribution is -2.31. The zero-order valence-electron chi connectivity index (χ0n) is 11.1. The molecule has 0 fully saturated rings. The molecule has 0 aliphatic heterocycles. The Labute approximate surface area is 121 Å². The number of hydrogen-bond acceptors (Lipinski definition) is 4. The molecule has 0 aliphatic carbocycles. The zero-order chi connectivity index (χ0) is 14.4. The molecule has 106 valence electrons. The average Bonchev–Trinajstić information content (AvgIpc) is 3.08. The number of rotatable bonds is 6. The molecule has 2 amide bonds. The molecule has 0 saturated carbocycles. The standard InChI is InChI=1S/C14H16N2O3S/c1-10(17)16-12(13-5-3-7-20-13)8-14(18)15-9-11-4-2-6-19-11/h2-7,12H,8-9H2,1H3,(H,15,18)(H,16,17). The first-order valence-electron chi connectivity index (χ1n) is 6.24. The van der Waals surface area contributed by atoms with Crippen LogP contribution in [0.25, 0.3) is 0 Å². The number of amides is 2. The molecule has 2 aromatic heterocycles. The molecule has 6 heteroatoms. The molecule has 2 aromatic rings. The molecule has 20 heavy (non-hydrogen) atoms. The fourth-order valence-electron chi connectivity index (χ4n) is 1.81. The van der Waals surface area contributed by atoms with Gasteiger partial charge in [0, 0.05) is 11.8 Å². The number of thiophene rings is 1. The second kappa shape index (κ2) is 6.91. The maximum absolute atomic E-state index is 11.9. The van der Waals surface area contributed by atoms with Gasteiger partial charge in [0.2, 0.25) is 11.8 Å². The summed E-state index contributed by atoms with van der Waals surface area (Å²) in [6, 6.07) is 7.09. The summed E-state index contributed by atoms with van der Waals surface area (Å²) in [7, 11) is 0. The molecule has 0 spiro atoms. The third kappa shape index (κ3) is 4.24. The van der Waals surface area contributed by atoms with E-state index in [0.717, 1.165) is 4.88 Å². The lowest BCUT2D eigenvalue weighted by Gasteiger charge is -2.16. The largest absolute Gasteiger partial charge is 0.467 e. The summed E-state index contributed by atoms with van der Waals surface area (Å²) in [4.78, 5) is 24.1. The average molecular weight is 292 g/mol. The molecular formula is C14H16N2O3S. The van der Waals surface area contributed by atoms with Crippen LogP contribution in [0.4, 0.5) is 0 Å². The quantitative estimate of drug-likeness (QED) is 0.857. The molecule has 0 aliphatic rings. The van der Waals surface area contributed by atoms with E-state index in [4.69, 9.17) is 4.42 Å². The van der Waals surface area contributed by atoms with Crippen molar-refractivity contribution in [3.63, 3.8) is 0 Å². The van der Waals surface area contributed by atoms with Crippen LogP contribution in [0.5, 0.6) is 0 Å². The van der Waals surface area contributed by atoms with Crippen LogP contribution in [-0.2, 0) is 16.1 Å². The van der Waals surface area contributed by atoms with Crippen LogP contribution in [0.1, 0.15) is 30.0 Å². The second-order valence-electron chi connectivity index (χ2n) is 4.33. The topological polar surface area (TPSA) is 71.3 Å². The van der Waals surface area contributed by atoms with Crippen molar-refractivity contribution in [2.24, 2.45) is 0 Å². The molecule has 2 rings (SSSR count). The number of hydrogen-bond donors (Lipinski definition) is 2. The van der Waals surface area contributed by atoms with E-state index in [1.165, 1.54) is 18.3 Å². The van der Waals surface area contributed by atoms with Gasteiger partial charge in [-0.05, 0) is 23.6 Å². The van der Waals surface area contributed by atoms with Crippen molar-refractivity contribution in [3.05, 3.63) is 46.5 Å². The van der Waals surface area contributed by atoms with Crippen LogP contribution >= 0.6 is 11.3 Å². The van der Waals surface area contributed by atoms with Crippen LogP contribution < -0.4 is 10.6 Å². The minimum absolute atomic E-state index is 0.131. The lowest BCUT2D eigenvalue weighted by atomic mass is 10.1. The number of nitrogens with one attached hydrogen (secondary N) is 2. The van der Waals surface area contributed by atoms with Crippen LogP contribution in [0.15, 0.2) is 40.3 Å². The summed E-state index contributed by atoms with van der Waals surface area (Å²) >= 11 is 1.52. The van der Waals surface area contributed by atoms with Gasteiger partial charge in [-0.1, -0.05) is 6.07 Å². The van der Waals surface area contributed by atoms with Crippen molar-refractivity contribution in [3.8, 4) is 0 Å². The van der Waals surface area contributed by atoms with E-state index >= 15 is 0 Å². The Morgan fingerprint density at radius 2 is 2.20 bits per heavy atom. The van der Waals surface area contributed by atoms with E-state index in [9.17, 15) is 9.59 Å². The summed E-state index contributed by atoms with van der Waals surface area (Å²) in [5.74, 6) is 0.418. The summed E-state index contributed by atoms with van der Waals surface area (Å²) in [6.45, 7) is 1.80. The minimum Gasteiger partial charge on any atom is -0.467 e. The van der Waals surface area contributed by atoms with E-state index in [0.29, 0.717) is 12.3 Å². The first-order valence-corrected chi connectivity index (χ1v) is 7.12. The van der Waals surface area contributed by atoms with Gasteiger partial charge in [0.1, 0.15) is 5.76 Å². The second-order valence-corrected chi connectivity index (χ2v) is 5.31. The van der Waals surface area contributed by atoms with Crippen molar-refractivity contribution >= 4 is 23.2 Å². The van der Waals surface area contributed by atoms with Gasteiger partial charge in [-0.3, -0.25) is 9.59 Å². The van der Waals surface area contributed by atoms with Crippen molar-refractivity contribution in [2.45, 2.75) is 25.9 Å². The smallest absolute Gasteiger partial charge is 0.222 e. The molecule has 0 bridgehead atoms. The van der Waals surface area contributed by atoms with Gasteiger partial charge in [0.25, 0.3) is 0 Å². The first-order chi connectivity index (χ1) is 9.65. The molecule has 0 radical (unpaired) electrons. The van der Waals surface area contributed by atoms with Gasteiger partial charge in [-0.25, -0.2) is 0 Å². The minimum atomic E-state index is -0.288. The highest BCUT2D eigenvalue weighted by atomic mass is 32.1. The summed E-state index contributed by atoms with van der Waals surface area (Å²) < 4.78 is 5.14. The Bertz CT molecular complexity index is 549. The predicted octanol–water partition coefficient (Wildman–Crippen LogP) is 2.22. The van der Waals surface area contributed by atoms with Gasteiger partial charge in [0.05, 0.1) is 25.3 Å². The van der Waals surface area contributed by atoms with Crippen molar-refractivity contribution in [1.29, 1.82) is 0 Å². The van der Waals surface area contributed by atoms with Crippen molar-refractivity contribution in [2.75, 3.05) is 0 Å². The molecule has 2 N–H and O–H groups in total. The van der Waals surface area contributed by atoms with Gasteiger partial charge >= 0.3 is 0 Å². The number of carbonyl (C=O) groups excluding carboxylic acids is 2. The summed E-state index contributed by atoms with van der Waals surface area (Å²) in [6.07, 6.45) is 1.77. The number of furan rings is 1. The van der Waals surface area contributed by atoms with E-state index in [-0.39, 0.29) is 24.3 Å². The Hall–Kier alpha value is -2.08. The molecule has 1 atom stereocenters. The molecule has 0 saturated heterocycles. The van der Waals surface area contributed by atoms with E-state index in [1.54, 1.807) is 18.4 Å². The molecule has 2 heterocycles. The molecular weight excluding hydrogens is 276 g/mol. The summed E-state index contributed by atoms with van der Waals surface area (Å²) in [5, 5.41) is 7.49. The molecule has 1 unspecified atom stereocenters. The number of carbonyl (C=O) groups is 2. The fraction of sp³-hybridized carbons (Fsp3) is 0.286. The summed E-state index contributed by atoms with van der Waals surface area (Å²) in [5.41, 5.74) is 0. The highest BCUT2D eigenvalue weighted by molar-refractivity contribution is 7.10. The SMILES string of the molecule is CC(=O)NC(CC(=O)NCc1ccco1)c1cccs1. The Morgan fingerprint density at radius 3 is 2.80 bits per heavy atom. The first kappa shape index (κ1) is 14.3. The van der Waals surface area contributed by atoms with Crippen LogP contribution in [0, 0.1) is 0 Å². The van der Waals surface area contributed by atoms with E-state index < -0.39 is 0 Å². The lowest BCUT2D eigenvalue weighted by molar-refractivity contribution is -0.123. The Kier molecular flexibility index (Phi) is 4.95. The van der Waals surface area contributed by atoms with Crippen LogP contribution in [0.3, 0.4) is 0 Å². The van der Waals surface area contributed by atoms with Gasteiger partial charge in [0.15, 0.2) is 0 Å². The van der Waals surface area contributed by atoms with Crippen LogP contribution in [0.2, 0.25) is 0 Å². The van der Waals surface area contributed by atoms with E-state index in [1.807, 2.05) is 17.5 Å². The zero-order valence-corrected chi connectivity index (χ0v) is 11.9. The predicted molar refractivity (Wildman–Crippen MR) is 76.0 cm³/mol. The normalized spacial score (nSPS) is 11.8. The molecule has 0 aromatic carbocycles. The Morgan fingerprint density at radius 1 is 1.35 bits per heavy atom. The highest BCUT2D eigenvalue weighted by Gasteiger charge is 2.17. The third-order valence-corrected chi connectivity index (χ3v) is 3.68. The maximum atomic E-state index is 11.9. The van der Waals surface area contributed by atoms with Gasteiger partial charge in [-0.2, -0.15) is 0 Å². The Balaban J connectivity index is 1.90. The maximum Gasteiger partial charge on any atom is 0.222 e. The molecule has 5 nitrogen and oxygen atoms in total. The van der Waals surface area contributed by atoms with Gasteiger partial charge in [-0.15, -0.1) is 11.3 Å². The van der Waals surface area contributed by atoms with Crippen LogP contribution in [-0.4, -0.2) is 11.8 Å². The van der Waals surface area contributed by atoms with Crippen molar-refractivity contribution < 1.29 is 14.0 Å². The van der Waals surface area contributed by atoms with E-state index in [2.05, 4.69) is 10.6 Å². The fourth-order valence-corrected chi connectivity index (χ4v) is 2.59.